The number of ether oxygens (including phenoxy) is 1. The predicted octanol–water partition coefficient (Wildman–Crippen LogP) is 6.79. The van der Waals surface area contributed by atoms with Crippen LogP contribution in [0, 0.1) is 0 Å². The van der Waals surface area contributed by atoms with E-state index in [-0.39, 0.29) is 12.0 Å². The summed E-state index contributed by atoms with van der Waals surface area (Å²) in [6.07, 6.45) is 23.1. The first-order chi connectivity index (χ1) is 16.1. The van der Waals surface area contributed by atoms with Crippen molar-refractivity contribution < 1.29 is 14.6 Å². The largest absolute Gasteiger partial charge is 0.481 e. The van der Waals surface area contributed by atoms with Gasteiger partial charge in [-0.3, -0.25) is 9.69 Å². The highest BCUT2D eigenvalue weighted by Crippen LogP contribution is 2.24. The molecule has 0 saturated carbocycles. The van der Waals surface area contributed by atoms with Crippen LogP contribution >= 0.6 is 0 Å². The summed E-state index contributed by atoms with van der Waals surface area (Å²) in [5.41, 5.74) is -0.303. The predicted molar refractivity (Wildman–Crippen MR) is 140 cm³/mol. The van der Waals surface area contributed by atoms with E-state index in [1.807, 2.05) is 0 Å². The summed E-state index contributed by atoms with van der Waals surface area (Å²) in [5, 5.41) is 12.7. The van der Waals surface area contributed by atoms with E-state index in [1.165, 1.54) is 96.3 Å². The molecule has 33 heavy (non-hydrogen) atoms. The van der Waals surface area contributed by atoms with Crippen molar-refractivity contribution in [2.75, 3.05) is 39.4 Å². The number of hydrogen-bond acceptors (Lipinski definition) is 4. The van der Waals surface area contributed by atoms with Gasteiger partial charge in [0.05, 0.1) is 6.42 Å². The minimum atomic E-state index is -0.714. The quantitative estimate of drug-likeness (QED) is 0.162. The molecule has 0 aromatic rings. The lowest BCUT2D eigenvalue weighted by atomic mass is 9.91. The van der Waals surface area contributed by atoms with Gasteiger partial charge in [-0.15, -0.1) is 0 Å². The third-order valence-electron chi connectivity index (χ3n) is 7.34. The van der Waals surface area contributed by atoms with E-state index in [4.69, 9.17) is 4.74 Å². The van der Waals surface area contributed by atoms with Gasteiger partial charge >= 0.3 is 5.97 Å². The van der Waals surface area contributed by atoms with Gasteiger partial charge in [0.2, 0.25) is 0 Å². The van der Waals surface area contributed by atoms with Crippen LogP contribution in [0.2, 0.25) is 0 Å². The molecule has 5 heteroatoms. The number of carboxylic acids is 1. The summed E-state index contributed by atoms with van der Waals surface area (Å²) >= 11 is 0. The SMILES string of the molecule is CCCCCCCCCCCCCCCCCCOCCC(C)(CC(=O)O)N1CCNCC1. The fraction of sp³-hybridized carbons (Fsp3) is 0.964. The lowest BCUT2D eigenvalue weighted by Crippen LogP contribution is -2.56. The minimum Gasteiger partial charge on any atom is -0.481 e. The first-order valence-corrected chi connectivity index (χ1v) is 14.3. The van der Waals surface area contributed by atoms with E-state index in [0.717, 1.165) is 45.6 Å². The molecule has 1 unspecified atom stereocenters. The van der Waals surface area contributed by atoms with E-state index in [2.05, 4.69) is 24.1 Å². The first-order valence-electron chi connectivity index (χ1n) is 14.3. The van der Waals surface area contributed by atoms with Crippen molar-refractivity contribution in [3.05, 3.63) is 0 Å². The molecule has 1 aliphatic rings. The van der Waals surface area contributed by atoms with Crippen LogP contribution in [0.1, 0.15) is 129 Å². The van der Waals surface area contributed by atoms with Crippen molar-refractivity contribution in [1.29, 1.82) is 0 Å². The normalized spacial score (nSPS) is 16.7. The van der Waals surface area contributed by atoms with E-state index in [1.54, 1.807) is 0 Å². The van der Waals surface area contributed by atoms with E-state index in [0.29, 0.717) is 6.61 Å². The molecular weight excluding hydrogens is 412 g/mol. The Morgan fingerprint density at radius 2 is 1.24 bits per heavy atom. The Balaban J connectivity index is 1.89. The van der Waals surface area contributed by atoms with Crippen LogP contribution in [-0.2, 0) is 9.53 Å². The Kier molecular flexibility index (Phi) is 19.1. The third kappa shape index (κ3) is 16.6. The lowest BCUT2D eigenvalue weighted by molar-refractivity contribution is -0.140. The fourth-order valence-electron chi connectivity index (χ4n) is 5.04. The van der Waals surface area contributed by atoms with E-state index < -0.39 is 5.97 Å². The molecule has 0 amide bonds. The zero-order chi connectivity index (χ0) is 24.0. The van der Waals surface area contributed by atoms with Crippen LogP contribution < -0.4 is 5.32 Å². The van der Waals surface area contributed by atoms with Crippen molar-refractivity contribution in [2.24, 2.45) is 0 Å². The monoisotopic (exact) mass is 468 g/mol. The number of aliphatic carboxylic acids is 1. The van der Waals surface area contributed by atoms with Gasteiger partial charge in [-0.05, 0) is 19.8 Å². The van der Waals surface area contributed by atoms with Gasteiger partial charge in [0, 0.05) is 44.9 Å². The molecule has 1 fully saturated rings. The molecule has 1 heterocycles. The maximum atomic E-state index is 11.4. The lowest BCUT2D eigenvalue weighted by Gasteiger charge is -2.43. The maximum absolute atomic E-state index is 11.4. The van der Waals surface area contributed by atoms with Crippen LogP contribution in [0.15, 0.2) is 0 Å². The number of carboxylic acid groups (broad SMARTS) is 1. The molecule has 196 valence electrons. The average Bonchev–Trinajstić information content (AvgIpc) is 2.80. The Bertz CT molecular complexity index is 454. The number of nitrogens with zero attached hydrogens (tertiary/aromatic N) is 1. The summed E-state index contributed by atoms with van der Waals surface area (Å²) in [6.45, 7) is 9.56. The van der Waals surface area contributed by atoms with Crippen LogP contribution in [0.3, 0.4) is 0 Å². The van der Waals surface area contributed by atoms with Gasteiger partial charge in [-0.25, -0.2) is 0 Å². The van der Waals surface area contributed by atoms with Crippen LogP contribution in [0.4, 0.5) is 0 Å². The Morgan fingerprint density at radius 3 is 1.70 bits per heavy atom. The van der Waals surface area contributed by atoms with Crippen molar-refractivity contribution in [2.45, 2.75) is 135 Å². The molecule has 1 aliphatic heterocycles. The van der Waals surface area contributed by atoms with Crippen molar-refractivity contribution in [3.8, 4) is 0 Å². The first kappa shape index (κ1) is 30.4. The maximum Gasteiger partial charge on any atom is 0.305 e. The number of hydrogen-bond donors (Lipinski definition) is 2. The van der Waals surface area contributed by atoms with E-state index >= 15 is 0 Å². The van der Waals surface area contributed by atoms with Crippen LogP contribution in [0.25, 0.3) is 0 Å². The molecule has 5 nitrogen and oxygen atoms in total. The summed E-state index contributed by atoms with van der Waals surface area (Å²) < 4.78 is 5.89. The van der Waals surface area contributed by atoms with Crippen molar-refractivity contribution in [1.82, 2.24) is 10.2 Å². The summed E-state index contributed by atoms with van der Waals surface area (Å²) in [4.78, 5) is 13.7. The Morgan fingerprint density at radius 1 is 0.788 bits per heavy atom. The Labute approximate surface area is 205 Å². The van der Waals surface area contributed by atoms with E-state index in [9.17, 15) is 9.90 Å². The van der Waals surface area contributed by atoms with Gasteiger partial charge in [-0.2, -0.15) is 0 Å². The number of rotatable bonds is 23. The minimum absolute atomic E-state index is 0.190. The summed E-state index contributed by atoms with van der Waals surface area (Å²) in [7, 11) is 0. The van der Waals surface area contributed by atoms with Gasteiger partial charge in [0.25, 0.3) is 0 Å². The van der Waals surface area contributed by atoms with Crippen molar-refractivity contribution >= 4 is 5.97 Å². The second-order valence-corrected chi connectivity index (χ2v) is 10.5. The third-order valence-corrected chi connectivity index (χ3v) is 7.34. The molecule has 1 saturated heterocycles. The van der Waals surface area contributed by atoms with Gasteiger partial charge in [0.1, 0.15) is 0 Å². The zero-order valence-corrected chi connectivity index (χ0v) is 22.2. The smallest absolute Gasteiger partial charge is 0.305 e. The topological polar surface area (TPSA) is 61.8 Å². The number of piperazine rings is 1. The molecule has 0 aromatic heterocycles. The summed E-state index contributed by atoms with van der Waals surface area (Å²) in [5.74, 6) is -0.714. The van der Waals surface area contributed by atoms with Crippen LogP contribution in [-0.4, -0.2) is 60.9 Å². The van der Waals surface area contributed by atoms with Gasteiger partial charge in [0.15, 0.2) is 0 Å². The van der Waals surface area contributed by atoms with Crippen molar-refractivity contribution in [3.63, 3.8) is 0 Å². The standard InChI is InChI=1S/C28H56N2O3/c1-3-4-5-6-7-8-9-10-11-12-13-14-15-16-17-18-24-33-25-19-28(2,26-27(31)32)30-22-20-29-21-23-30/h29H,3-26H2,1-2H3,(H,31,32). The second-order valence-electron chi connectivity index (χ2n) is 10.5. The molecular formula is C28H56N2O3. The molecule has 0 spiro atoms. The number of nitrogens with one attached hydrogen (secondary N) is 1. The molecule has 2 N–H and O–H groups in total. The molecule has 0 bridgehead atoms. The Hall–Kier alpha value is -0.650. The molecule has 1 rings (SSSR count). The second kappa shape index (κ2) is 20.7. The molecule has 1 atom stereocenters. The van der Waals surface area contributed by atoms with Gasteiger partial charge in [-0.1, -0.05) is 103 Å². The number of unbranched alkanes of at least 4 members (excludes halogenated alkanes) is 15. The molecule has 0 aliphatic carbocycles. The summed E-state index contributed by atoms with van der Waals surface area (Å²) in [6, 6.07) is 0. The molecule has 0 radical (unpaired) electrons. The van der Waals surface area contributed by atoms with Gasteiger partial charge < -0.3 is 15.2 Å². The molecule has 0 aromatic carbocycles. The average molecular weight is 469 g/mol. The highest BCUT2D eigenvalue weighted by Gasteiger charge is 2.34. The highest BCUT2D eigenvalue weighted by molar-refractivity contribution is 5.68. The zero-order valence-electron chi connectivity index (χ0n) is 22.2. The fourth-order valence-corrected chi connectivity index (χ4v) is 5.04. The van der Waals surface area contributed by atoms with Crippen LogP contribution in [0.5, 0.6) is 0 Å². The highest BCUT2D eigenvalue weighted by atomic mass is 16.5. The number of carbonyl (C=O) groups is 1.